The van der Waals surface area contributed by atoms with E-state index in [9.17, 15) is 4.79 Å². The Kier molecular flexibility index (Phi) is 5.19. The van der Waals surface area contributed by atoms with Crippen LogP contribution in [-0.4, -0.2) is 23.2 Å². The molecule has 1 heterocycles. The van der Waals surface area contributed by atoms with E-state index in [4.69, 9.17) is 4.74 Å². The first-order chi connectivity index (χ1) is 12.1. The van der Waals surface area contributed by atoms with Crippen LogP contribution in [-0.2, 0) is 0 Å². The maximum atomic E-state index is 12.5. The highest BCUT2D eigenvalue weighted by Gasteiger charge is 2.13. The Bertz CT molecular complexity index is 914. The van der Waals surface area contributed by atoms with Gasteiger partial charge < -0.3 is 9.72 Å². The molecule has 0 aliphatic carbocycles. The molecule has 0 fully saturated rings. The lowest BCUT2D eigenvalue weighted by Crippen LogP contribution is -2.20. The molecule has 25 heavy (non-hydrogen) atoms. The third kappa shape index (κ3) is 3.91. The average molecular weight is 400 g/mol. The van der Waals surface area contributed by atoms with Crippen molar-refractivity contribution in [2.45, 2.75) is 13.8 Å². The molecule has 0 unspecified atom stereocenters. The summed E-state index contributed by atoms with van der Waals surface area (Å²) >= 11 is 3.38. The molecule has 128 valence electrons. The number of benzene rings is 2. The lowest BCUT2D eigenvalue weighted by Gasteiger charge is -2.09. The number of aromatic nitrogens is 1. The number of para-hydroxylation sites is 1. The Labute approximate surface area is 154 Å². The third-order valence-electron chi connectivity index (χ3n) is 3.73. The predicted molar refractivity (Wildman–Crippen MR) is 103 cm³/mol. The van der Waals surface area contributed by atoms with Gasteiger partial charge in [-0.05, 0) is 44.2 Å². The van der Waals surface area contributed by atoms with Crippen molar-refractivity contribution in [3.63, 3.8) is 0 Å². The second-order valence-electron chi connectivity index (χ2n) is 5.48. The number of nitrogens with one attached hydrogen (secondary N) is 2. The minimum atomic E-state index is -0.319. The topological polar surface area (TPSA) is 66.5 Å². The summed E-state index contributed by atoms with van der Waals surface area (Å²) in [5, 5.41) is 5.31. The molecule has 0 spiro atoms. The number of carbonyl (C=O) groups is 1. The summed E-state index contributed by atoms with van der Waals surface area (Å²) in [4.78, 5) is 15.8. The Morgan fingerprint density at radius 1 is 1.24 bits per heavy atom. The van der Waals surface area contributed by atoms with Gasteiger partial charge in [-0.3, -0.25) is 4.79 Å². The molecule has 2 N–H and O–H groups in total. The van der Waals surface area contributed by atoms with Crippen molar-refractivity contribution in [1.82, 2.24) is 10.4 Å². The van der Waals surface area contributed by atoms with E-state index in [2.05, 4.69) is 31.4 Å². The number of aromatic amines is 1. The summed E-state index contributed by atoms with van der Waals surface area (Å²) in [6.07, 6.45) is 0. The average Bonchev–Trinajstić information content (AvgIpc) is 3.05. The van der Waals surface area contributed by atoms with Gasteiger partial charge in [0, 0.05) is 15.4 Å². The van der Waals surface area contributed by atoms with Crippen LogP contribution in [0.3, 0.4) is 0 Å². The molecule has 0 aliphatic heterocycles. The third-order valence-corrected chi connectivity index (χ3v) is 4.22. The summed E-state index contributed by atoms with van der Waals surface area (Å²) in [6, 6.07) is 15.3. The number of hydrogen-bond donors (Lipinski definition) is 2. The van der Waals surface area contributed by atoms with Gasteiger partial charge in [-0.15, -0.1) is 0 Å². The minimum absolute atomic E-state index is 0.319. The minimum Gasteiger partial charge on any atom is -0.493 e. The number of hydrogen-bond acceptors (Lipinski definition) is 3. The molecule has 3 rings (SSSR count). The van der Waals surface area contributed by atoms with Gasteiger partial charge in [0.15, 0.2) is 0 Å². The highest BCUT2D eigenvalue weighted by atomic mass is 79.9. The first kappa shape index (κ1) is 17.2. The number of nitrogens with zero attached hydrogens (tertiary/aromatic N) is 1. The maximum Gasteiger partial charge on any atom is 0.275 e. The predicted octanol–water partition coefficient (Wildman–Crippen LogP) is 4.48. The largest absolute Gasteiger partial charge is 0.493 e. The van der Waals surface area contributed by atoms with E-state index in [0.29, 0.717) is 23.6 Å². The number of ether oxygens (including phenoxy) is 1. The number of hydrazone groups is 1. The Morgan fingerprint density at radius 2 is 2.04 bits per heavy atom. The number of amides is 1. The number of H-pyrrole nitrogens is 1. The van der Waals surface area contributed by atoms with Crippen LogP contribution < -0.4 is 10.2 Å². The van der Waals surface area contributed by atoms with E-state index in [1.54, 1.807) is 12.1 Å². The molecular formula is C19H18BrN3O2. The Hall–Kier alpha value is -2.60. The lowest BCUT2D eigenvalue weighted by molar-refractivity contribution is 0.0951. The highest BCUT2D eigenvalue weighted by Crippen LogP contribution is 2.23. The molecule has 1 amide bonds. The van der Waals surface area contributed by atoms with Crippen LogP contribution in [0.5, 0.6) is 5.75 Å². The van der Waals surface area contributed by atoms with Gasteiger partial charge in [-0.25, -0.2) is 5.43 Å². The fourth-order valence-corrected chi connectivity index (χ4v) is 2.85. The summed E-state index contributed by atoms with van der Waals surface area (Å²) in [6.45, 7) is 4.20. The normalized spacial score (nSPS) is 11.6. The molecule has 0 saturated carbocycles. The van der Waals surface area contributed by atoms with Crippen LogP contribution >= 0.6 is 15.9 Å². The molecule has 2 aromatic carbocycles. The van der Waals surface area contributed by atoms with Gasteiger partial charge in [0.2, 0.25) is 0 Å². The van der Waals surface area contributed by atoms with Crippen LogP contribution in [0.4, 0.5) is 0 Å². The molecule has 1 aromatic heterocycles. The standard InChI is InChI=1S/C19H18BrN3O2/c1-3-25-18-9-8-14(20)11-15(18)19(24)23-22-12(2)17-10-13-6-4-5-7-16(13)21-17/h4-11,21H,3H2,1-2H3,(H,23,24)/b22-12+. The molecular weight excluding hydrogens is 382 g/mol. The van der Waals surface area contributed by atoms with E-state index in [1.807, 2.05) is 50.2 Å². The van der Waals surface area contributed by atoms with Crippen LogP contribution in [0.15, 0.2) is 58.1 Å². The van der Waals surface area contributed by atoms with Crippen LogP contribution in [0.2, 0.25) is 0 Å². The van der Waals surface area contributed by atoms with Gasteiger partial charge in [-0.1, -0.05) is 34.1 Å². The molecule has 3 aromatic rings. The summed E-state index contributed by atoms with van der Waals surface area (Å²) in [5.74, 6) is 0.210. The zero-order valence-electron chi connectivity index (χ0n) is 14.0. The molecule has 0 radical (unpaired) electrons. The van der Waals surface area contributed by atoms with E-state index in [0.717, 1.165) is 21.1 Å². The smallest absolute Gasteiger partial charge is 0.275 e. The lowest BCUT2D eigenvalue weighted by atomic mass is 10.2. The Morgan fingerprint density at radius 3 is 2.80 bits per heavy atom. The second-order valence-corrected chi connectivity index (χ2v) is 6.40. The van der Waals surface area contributed by atoms with Crippen LogP contribution in [0.1, 0.15) is 29.9 Å². The van der Waals surface area contributed by atoms with Gasteiger partial charge in [0.25, 0.3) is 5.91 Å². The molecule has 6 heteroatoms. The number of fused-ring (bicyclic) bond motifs is 1. The molecule has 0 saturated heterocycles. The van der Waals surface area contributed by atoms with Crippen molar-refractivity contribution in [2.24, 2.45) is 5.10 Å². The first-order valence-electron chi connectivity index (χ1n) is 7.93. The maximum absolute atomic E-state index is 12.5. The van der Waals surface area contributed by atoms with Gasteiger partial charge in [0.1, 0.15) is 5.75 Å². The van der Waals surface area contributed by atoms with Gasteiger partial charge >= 0.3 is 0 Å². The van der Waals surface area contributed by atoms with Crippen LogP contribution in [0.25, 0.3) is 10.9 Å². The SMILES string of the molecule is CCOc1ccc(Br)cc1C(=O)N/N=C(\C)c1cc2ccccc2[nH]1. The summed E-state index contributed by atoms with van der Waals surface area (Å²) < 4.78 is 6.31. The molecule has 0 bridgehead atoms. The van der Waals surface area contributed by atoms with Crippen molar-refractivity contribution in [3.8, 4) is 5.75 Å². The summed E-state index contributed by atoms with van der Waals surface area (Å²) in [5.41, 5.74) is 5.62. The van der Waals surface area contributed by atoms with Crippen molar-refractivity contribution >= 4 is 38.5 Å². The number of rotatable bonds is 5. The Balaban J connectivity index is 1.81. The van der Waals surface area contributed by atoms with E-state index >= 15 is 0 Å². The summed E-state index contributed by atoms with van der Waals surface area (Å²) in [7, 11) is 0. The number of carbonyl (C=O) groups excluding carboxylic acids is 1. The van der Waals surface area contributed by atoms with Gasteiger partial charge in [-0.2, -0.15) is 5.10 Å². The van der Waals surface area contributed by atoms with Crippen molar-refractivity contribution in [1.29, 1.82) is 0 Å². The molecule has 0 atom stereocenters. The quantitative estimate of drug-likeness (QED) is 0.490. The monoisotopic (exact) mass is 399 g/mol. The van der Waals surface area contributed by atoms with E-state index in [1.165, 1.54) is 0 Å². The fraction of sp³-hybridized carbons (Fsp3) is 0.158. The zero-order valence-corrected chi connectivity index (χ0v) is 15.6. The molecule has 5 nitrogen and oxygen atoms in total. The highest BCUT2D eigenvalue weighted by molar-refractivity contribution is 9.10. The first-order valence-corrected chi connectivity index (χ1v) is 8.73. The number of halogens is 1. The van der Waals surface area contributed by atoms with E-state index < -0.39 is 0 Å². The fourth-order valence-electron chi connectivity index (χ4n) is 2.48. The molecule has 0 aliphatic rings. The van der Waals surface area contributed by atoms with Crippen molar-refractivity contribution in [2.75, 3.05) is 6.61 Å². The zero-order chi connectivity index (χ0) is 17.8. The van der Waals surface area contributed by atoms with Crippen molar-refractivity contribution in [3.05, 3.63) is 64.3 Å². The second kappa shape index (κ2) is 7.53. The van der Waals surface area contributed by atoms with Crippen molar-refractivity contribution < 1.29 is 9.53 Å². The van der Waals surface area contributed by atoms with Crippen LogP contribution in [0, 0.1) is 0 Å². The van der Waals surface area contributed by atoms with E-state index in [-0.39, 0.29) is 5.91 Å². The van der Waals surface area contributed by atoms with Gasteiger partial charge in [0.05, 0.1) is 23.6 Å².